The Hall–Kier alpha value is -0.0800. The predicted octanol–water partition coefficient (Wildman–Crippen LogP) is 3.49. The van der Waals surface area contributed by atoms with E-state index < -0.39 is 0 Å². The standard InChI is InChI=1S/C14H32N2/c1-16(2,3)14-12-10-8-6-4-5-7-9-11-13-15/h15H,4-14H2,1-3H3/q+1. The van der Waals surface area contributed by atoms with Gasteiger partial charge < -0.3 is 4.48 Å². The largest absolute Gasteiger partial charge is 0.331 e. The van der Waals surface area contributed by atoms with Crippen LogP contribution in [0, 0.1) is 0 Å². The van der Waals surface area contributed by atoms with Crippen LogP contribution in [0.3, 0.4) is 0 Å². The van der Waals surface area contributed by atoms with Crippen molar-refractivity contribution in [3.05, 3.63) is 0 Å². The van der Waals surface area contributed by atoms with Crippen molar-refractivity contribution in [3.63, 3.8) is 0 Å². The van der Waals surface area contributed by atoms with Crippen LogP contribution in [0.15, 0.2) is 0 Å². The molecule has 16 heavy (non-hydrogen) atoms. The first kappa shape index (κ1) is 15.9. The Balaban J connectivity index is 2.99. The van der Waals surface area contributed by atoms with Gasteiger partial charge in [-0.3, -0.25) is 5.73 Å². The van der Waals surface area contributed by atoms with Gasteiger partial charge in [0.15, 0.2) is 0 Å². The molecule has 0 atom stereocenters. The Labute approximate surface area is 103 Å². The van der Waals surface area contributed by atoms with Gasteiger partial charge in [-0.05, 0) is 19.3 Å². The molecule has 0 aliphatic rings. The summed E-state index contributed by atoms with van der Waals surface area (Å²) >= 11 is 0. The van der Waals surface area contributed by atoms with Crippen molar-refractivity contribution in [1.29, 1.82) is 0 Å². The molecule has 0 aromatic heterocycles. The molecule has 0 fully saturated rings. The van der Waals surface area contributed by atoms with Gasteiger partial charge >= 0.3 is 0 Å². The summed E-state index contributed by atoms with van der Waals surface area (Å²) in [6.07, 6.45) is 12.1. The molecular formula is C14H32N2+. The summed E-state index contributed by atoms with van der Waals surface area (Å²) in [6, 6.07) is 0. The highest BCUT2D eigenvalue weighted by atomic mass is 15.3. The van der Waals surface area contributed by atoms with Crippen LogP contribution in [-0.2, 0) is 0 Å². The Bertz CT molecular complexity index is 138. The van der Waals surface area contributed by atoms with E-state index in [-0.39, 0.29) is 0 Å². The SMILES string of the molecule is C[N+](C)(C)CCCCCCCCCCC[NH]. The summed E-state index contributed by atoms with van der Waals surface area (Å²) in [7, 11) is 6.81. The minimum Gasteiger partial charge on any atom is -0.331 e. The van der Waals surface area contributed by atoms with E-state index in [0.717, 1.165) is 10.9 Å². The average molecular weight is 228 g/mol. The quantitative estimate of drug-likeness (QED) is 0.382. The van der Waals surface area contributed by atoms with Crippen LogP contribution in [0.5, 0.6) is 0 Å². The van der Waals surface area contributed by atoms with Gasteiger partial charge in [-0.25, -0.2) is 0 Å². The predicted molar refractivity (Wildman–Crippen MR) is 72.4 cm³/mol. The monoisotopic (exact) mass is 228 g/mol. The zero-order chi connectivity index (χ0) is 12.3. The average Bonchev–Trinajstić information content (AvgIpc) is 2.19. The Morgan fingerprint density at radius 3 is 1.38 bits per heavy atom. The third kappa shape index (κ3) is 13.9. The summed E-state index contributed by atoms with van der Waals surface area (Å²) in [4.78, 5) is 0. The van der Waals surface area contributed by atoms with Crippen molar-refractivity contribution in [3.8, 4) is 0 Å². The molecule has 2 nitrogen and oxygen atoms in total. The second kappa shape index (κ2) is 10.1. The minimum absolute atomic E-state index is 0.616. The lowest BCUT2D eigenvalue weighted by atomic mass is 10.1. The summed E-state index contributed by atoms with van der Waals surface area (Å²) in [5.74, 6) is 0. The van der Waals surface area contributed by atoms with Gasteiger partial charge in [-0.15, -0.1) is 0 Å². The summed E-state index contributed by atoms with van der Waals surface area (Å²) in [5.41, 5.74) is 7.04. The number of unbranched alkanes of at least 4 members (excludes halogenated alkanes) is 8. The smallest absolute Gasteiger partial charge is 0.0780 e. The number of hydrogen-bond acceptors (Lipinski definition) is 0. The maximum Gasteiger partial charge on any atom is 0.0780 e. The van der Waals surface area contributed by atoms with E-state index in [1.807, 2.05) is 0 Å². The molecule has 0 amide bonds. The number of nitrogens with one attached hydrogen (secondary N) is 1. The highest BCUT2D eigenvalue weighted by molar-refractivity contribution is 4.47. The molecular weight excluding hydrogens is 196 g/mol. The van der Waals surface area contributed by atoms with Gasteiger partial charge in [0.05, 0.1) is 27.7 Å². The van der Waals surface area contributed by atoms with Crippen molar-refractivity contribution in [1.82, 2.24) is 5.73 Å². The first-order valence-electron chi connectivity index (χ1n) is 7.01. The van der Waals surface area contributed by atoms with Gasteiger partial charge in [-0.2, -0.15) is 0 Å². The molecule has 1 radical (unpaired) electrons. The van der Waals surface area contributed by atoms with Gasteiger partial charge in [0.25, 0.3) is 0 Å². The number of rotatable bonds is 11. The van der Waals surface area contributed by atoms with E-state index in [2.05, 4.69) is 21.1 Å². The zero-order valence-corrected chi connectivity index (χ0v) is 11.7. The van der Waals surface area contributed by atoms with E-state index >= 15 is 0 Å². The minimum atomic E-state index is 0.616. The van der Waals surface area contributed by atoms with Gasteiger partial charge in [-0.1, -0.05) is 38.5 Å². The van der Waals surface area contributed by atoms with Crippen LogP contribution in [0.1, 0.15) is 57.8 Å². The topological polar surface area (TPSA) is 23.8 Å². The van der Waals surface area contributed by atoms with Crippen molar-refractivity contribution in [2.24, 2.45) is 0 Å². The fourth-order valence-corrected chi connectivity index (χ4v) is 1.95. The molecule has 97 valence electrons. The molecule has 0 aromatic rings. The molecule has 2 heteroatoms. The zero-order valence-electron chi connectivity index (χ0n) is 11.7. The number of nitrogens with zero attached hydrogens (tertiary/aromatic N) is 1. The van der Waals surface area contributed by atoms with Gasteiger partial charge in [0.1, 0.15) is 0 Å². The maximum absolute atomic E-state index is 7.04. The molecule has 0 spiro atoms. The first-order chi connectivity index (χ1) is 7.56. The third-order valence-electron chi connectivity index (χ3n) is 3.01. The van der Waals surface area contributed by atoms with Crippen molar-refractivity contribution >= 4 is 0 Å². The normalized spacial score (nSPS) is 12.0. The molecule has 0 saturated heterocycles. The summed E-state index contributed by atoms with van der Waals surface area (Å²) in [5, 5.41) is 0. The van der Waals surface area contributed by atoms with Crippen LogP contribution in [0.4, 0.5) is 0 Å². The van der Waals surface area contributed by atoms with E-state index in [4.69, 9.17) is 5.73 Å². The molecule has 0 aromatic carbocycles. The molecule has 1 N–H and O–H groups in total. The number of quaternary nitrogens is 1. The third-order valence-corrected chi connectivity index (χ3v) is 3.01. The van der Waals surface area contributed by atoms with Crippen molar-refractivity contribution < 1.29 is 4.48 Å². The van der Waals surface area contributed by atoms with E-state index in [0.29, 0.717) is 6.54 Å². The molecule has 0 rings (SSSR count). The molecule has 0 aliphatic carbocycles. The number of hydrogen-bond donors (Lipinski definition) is 0. The Kier molecular flexibility index (Phi) is 10.0. The molecule has 0 aliphatic heterocycles. The van der Waals surface area contributed by atoms with Gasteiger partial charge in [0, 0.05) is 6.54 Å². The Morgan fingerprint density at radius 2 is 1.00 bits per heavy atom. The fourth-order valence-electron chi connectivity index (χ4n) is 1.95. The highest BCUT2D eigenvalue weighted by Crippen LogP contribution is 2.10. The maximum atomic E-state index is 7.04. The molecule has 0 bridgehead atoms. The van der Waals surface area contributed by atoms with Crippen LogP contribution >= 0.6 is 0 Å². The van der Waals surface area contributed by atoms with Crippen molar-refractivity contribution in [2.75, 3.05) is 34.2 Å². The van der Waals surface area contributed by atoms with Crippen LogP contribution in [0.2, 0.25) is 0 Å². The van der Waals surface area contributed by atoms with Crippen LogP contribution in [-0.4, -0.2) is 38.7 Å². The highest BCUT2D eigenvalue weighted by Gasteiger charge is 2.04. The lowest BCUT2D eigenvalue weighted by Crippen LogP contribution is -2.35. The molecule has 0 heterocycles. The van der Waals surface area contributed by atoms with E-state index in [1.165, 1.54) is 57.9 Å². The summed E-state index contributed by atoms with van der Waals surface area (Å²) < 4.78 is 1.10. The van der Waals surface area contributed by atoms with Crippen molar-refractivity contribution in [2.45, 2.75) is 57.8 Å². The second-order valence-corrected chi connectivity index (χ2v) is 5.95. The lowest BCUT2D eigenvalue weighted by molar-refractivity contribution is -0.870. The van der Waals surface area contributed by atoms with Gasteiger partial charge in [0.2, 0.25) is 0 Å². The van der Waals surface area contributed by atoms with E-state index in [1.54, 1.807) is 0 Å². The molecule has 0 unspecified atom stereocenters. The first-order valence-corrected chi connectivity index (χ1v) is 7.01. The lowest BCUT2D eigenvalue weighted by Gasteiger charge is -2.23. The molecule has 0 saturated carbocycles. The second-order valence-electron chi connectivity index (χ2n) is 5.95. The van der Waals surface area contributed by atoms with Crippen LogP contribution < -0.4 is 5.73 Å². The fraction of sp³-hybridized carbons (Fsp3) is 1.00. The Morgan fingerprint density at radius 1 is 0.625 bits per heavy atom. The van der Waals surface area contributed by atoms with Crippen LogP contribution in [0.25, 0.3) is 0 Å². The summed E-state index contributed by atoms with van der Waals surface area (Å²) in [6.45, 7) is 1.93. The van der Waals surface area contributed by atoms with E-state index in [9.17, 15) is 0 Å².